The van der Waals surface area contributed by atoms with Crippen LogP contribution in [0.5, 0.6) is 0 Å². The zero-order chi connectivity index (χ0) is 28.3. The molecule has 1 aliphatic carbocycles. The molecule has 206 valence electrons. The Morgan fingerprint density at radius 3 is 2.36 bits per heavy atom. The second-order valence-corrected chi connectivity index (χ2v) is 11.6. The highest BCUT2D eigenvalue weighted by atomic mass is 32.2. The Morgan fingerprint density at radius 2 is 1.67 bits per heavy atom. The summed E-state index contributed by atoms with van der Waals surface area (Å²) in [5.41, 5.74) is 2.15. The molecule has 10 nitrogen and oxygen atoms in total. The molecule has 0 saturated heterocycles. The Morgan fingerprint density at radius 1 is 0.974 bits per heavy atom. The average Bonchev–Trinajstić information content (AvgIpc) is 3.21. The van der Waals surface area contributed by atoms with Crippen LogP contribution in [0.1, 0.15) is 13.3 Å². The van der Waals surface area contributed by atoms with Gasteiger partial charge >= 0.3 is 6.09 Å². The number of nitrogens with one attached hydrogen (secondary N) is 3. The lowest BCUT2D eigenvalue weighted by molar-refractivity contribution is -0.134. The van der Waals surface area contributed by atoms with Crippen LogP contribution < -0.4 is 16.1 Å². The van der Waals surface area contributed by atoms with Crippen molar-refractivity contribution in [2.45, 2.75) is 40.1 Å². The lowest BCUT2D eigenvalue weighted by atomic mass is 10.2. The van der Waals surface area contributed by atoms with E-state index in [-0.39, 0.29) is 11.5 Å². The van der Waals surface area contributed by atoms with Gasteiger partial charge in [-0.2, -0.15) is 0 Å². The fourth-order valence-electron chi connectivity index (χ4n) is 3.38. The molecule has 0 aliphatic heterocycles. The van der Waals surface area contributed by atoms with E-state index in [1.165, 1.54) is 36.3 Å². The van der Waals surface area contributed by atoms with Crippen molar-refractivity contribution in [1.29, 1.82) is 0 Å². The second-order valence-electron chi connectivity index (χ2n) is 8.45. The van der Waals surface area contributed by atoms with Crippen molar-refractivity contribution in [2.24, 2.45) is 0 Å². The molecule has 0 saturated carbocycles. The molecule has 39 heavy (non-hydrogen) atoms. The first-order chi connectivity index (χ1) is 18.7. The first kappa shape index (κ1) is 29.7. The Bertz CT molecular complexity index is 1360. The molecule has 0 fully saturated rings. The molecule has 3 amide bonds. The van der Waals surface area contributed by atoms with Crippen LogP contribution in [0.15, 0.2) is 105 Å². The Balaban J connectivity index is 1.58. The topological polar surface area (TPSA) is 151 Å². The lowest BCUT2D eigenvalue weighted by Gasteiger charge is -2.20. The molecular formula is C27H29N3O7S2. The number of carbonyl (C=O) groups is 3. The van der Waals surface area contributed by atoms with Crippen LogP contribution in [0.2, 0.25) is 0 Å². The van der Waals surface area contributed by atoms with Crippen molar-refractivity contribution in [2.75, 3.05) is 12.4 Å². The molecular weight excluding hydrogens is 542 g/mol. The Kier molecular flexibility index (Phi) is 10.9. The van der Waals surface area contributed by atoms with Crippen LogP contribution in [0, 0.1) is 0 Å². The fraction of sp³-hybridized carbons (Fsp3) is 0.222. The molecule has 3 rings (SSSR count). The highest BCUT2D eigenvalue weighted by Gasteiger charge is 2.30. The quantitative estimate of drug-likeness (QED) is 0.237. The SMILES string of the molecule is C[C@H](NC(=O)OCC1=CCC=CC=C1)C(=O)NC(CS(=O)(=O)c1ccc(Sc2ccccc2)cc1)C(=O)NO. The van der Waals surface area contributed by atoms with Crippen molar-refractivity contribution in [3.63, 3.8) is 0 Å². The van der Waals surface area contributed by atoms with Gasteiger partial charge in [0, 0.05) is 9.79 Å². The number of hydroxylamine groups is 1. The highest BCUT2D eigenvalue weighted by Crippen LogP contribution is 2.28. The van der Waals surface area contributed by atoms with E-state index in [1.54, 1.807) is 18.2 Å². The molecule has 2 aromatic carbocycles. The van der Waals surface area contributed by atoms with Gasteiger partial charge in [-0.15, -0.1) is 0 Å². The van der Waals surface area contributed by atoms with Gasteiger partial charge in [-0.25, -0.2) is 18.7 Å². The molecule has 2 atom stereocenters. The Hall–Kier alpha value is -3.87. The van der Waals surface area contributed by atoms with Gasteiger partial charge in [0.2, 0.25) is 5.91 Å². The summed E-state index contributed by atoms with van der Waals surface area (Å²) in [6.07, 6.45) is 9.13. The summed E-state index contributed by atoms with van der Waals surface area (Å²) >= 11 is 1.46. The molecule has 4 N–H and O–H groups in total. The number of amides is 3. The van der Waals surface area contributed by atoms with E-state index in [0.29, 0.717) is 6.42 Å². The van der Waals surface area contributed by atoms with Crippen molar-refractivity contribution < 1.29 is 32.7 Å². The van der Waals surface area contributed by atoms with Gasteiger partial charge in [0.1, 0.15) is 18.7 Å². The largest absolute Gasteiger partial charge is 0.445 e. The lowest BCUT2D eigenvalue weighted by Crippen LogP contribution is -2.54. The van der Waals surface area contributed by atoms with E-state index >= 15 is 0 Å². The van der Waals surface area contributed by atoms with E-state index in [4.69, 9.17) is 9.94 Å². The predicted molar refractivity (Wildman–Crippen MR) is 146 cm³/mol. The molecule has 0 heterocycles. The molecule has 0 spiro atoms. The van der Waals surface area contributed by atoms with E-state index in [1.807, 2.05) is 54.6 Å². The Labute approximate surface area is 231 Å². The third kappa shape index (κ3) is 9.43. The number of sulfone groups is 1. The van der Waals surface area contributed by atoms with Gasteiger partial charge in [0.25, 0.3) is 5.91 Å². The van der Waals surface area contributed by atoms with E-state index in [2.05, 4.69) is 10.6 Å². The molecule has 12 heteroatoms. The first-order valence-electron chi connectivity index (χ1n) is 11.9. The number of hydrogen-bond acceptors (Lipinski definition) is 8. The molecule has 0 bridgehead atoms. The molecule has 1 unspecified atom stereocenters. The van der Waals surface area contributed by atoms with Crippen LogP contribution in [0.4, 0.5) is 4.79 Å². The maximum absolute atomic E-state index is 13.0. The summed E-state index contributed by atoms with van der Waals surface area (Å²) < 4.78 is 31.1. The van der Waals surface area contributed by atoms with Crippen molar-refractivity contribution in [1.82, 2.24) is 16.1 Å². The van der Waals surface area contributed by atoms with Crippen molar-refractivity contribution in [3.05, 3.63) is 90.6 Å². The van der Waals surface area contributed by atoms with Crippen LogP contribution in [-0.4, -0.2) is 56.0 Å². The van der Waals surface area contributed by atoms with Gasteiger partial charge in [-0.1, -0.05) is 60.3 Å². The van der Waals surface area contributed by atoms with Crippen LogP contribution in [0.25, 0.3) is 0 Å². The molecule has 1 aliphatic rings. The van der Waals surface area contributed by atoms with Gasteiger partial charge < -0.3 is 15.4 Å². The van der Waals surface area contributed by atoms with E-state index < -0.39 is 45.6 Å². The minimum atomic E-state index is -4.05. The highest BCUT2D eigenvalue weighted by molar-refractivity contribution is 7.99. The summed E-state index contributed by atoms with van der Waals surface area (Å²) in [5.74, 6) is -2.79. The van der Waals surface area contributed by atoms with E-state index in [9.17, 15) is 22.8 Å². The minimum Gasteiger partial charge on any atom is -0.445 e. The van der Waals surface area contributed by atoms with Crippen LogP contribution >= 0.6 is 11.8 Å². The summed E-state index contributed by atoms with van der Waals surface area (Å²) in [6, 6.07) is 12.8. The standard InChI is InChI=1S/C27H29N3O7S2/c1-19(28-27(33)37-17-20-9-5-2-3-6-10-20)25(31)29-24(26(32)30-34)18-39(35,36)23-15-13-22(14-16-23)38-21-11-7-4-8-12-21/h2-5,7-16,19,24,34H,6,17-18H2,1H3,(H,28,33)(H,29,31)(H,30,32)/t19-,24?/m0/s1. The average molecular weight is 572 g/mol. The van der Waals surface area contributed by atoms with Gasteiger partial charge in [-0.3, -0.25) is 14.8 Å². The normalized spacial score (nSPS) is 14.4. The third-order valence-corrected chi connectivity index (χ3v) is 8.24. The minimum absolute atomic E-state index is 0.00517. The molecule has 2 aromatic rings. The first-order valence-corrected chi connectivity index (χ1v) is 14.4. The van der Waals surface area contributed by atoms with Gasteiger partial charge in [-0.05, 0) is 55.3 Å². The summed E-state index contributed by atoms with van der Waals surface area (Å²) in [6.45, 7) is 1.34. The zero-order valence-corrected chi connectivity index (χ0v) is 22.7. The fourth-order valence-corrected chi connectivity index (χ4v) is 5.63. The third-order valence-electron chi connectivity index (χ3n) is 5.46. The summed E-state index contributed by atoms with van der Waals surface area (Å²) in [7, 11) is -4.05. The number of benzene rings is 2. The van der Waals surface area contributed by atoms with Crippen molar-refractivity contribution in [3.8, 4) is 0 Å². The predicted octanol–water partition coefficient (Wildman–Crippen LogP) is 3.16. The van der Waals surface area contributed by atoms with Crippen LogP contribution in [0.3, 0.4) is 0 Å². The maximum Gasteiger partial charge on any atom is 0.408 e. The number of hydrogen-bond donors (Lipinski definition) is 4. The maximum atomic E-state index is 13.0. The second kappa shape index (κ2) is 14.3. The van der Waals surface area contributed by atoms with E-state index in [0.717, 1.165) is 15.4 Å². The number of alkyl carbamates (subject to hydrolysis) is 1. The van der Waals surface area contributed by atoms with Gasteiger partial charge in [0.05, 0.1) is 10.6 Å². The number of allylic oxidation sites excluding steroid dienone is 4. The number of ether oxygens (including phenoxy) is 1. The van der Waals surface area contributed by atoms with Gasteiger partial charge in [0.15, 0.2) is 9.84 Å². The monoisotopic (exact) mass is 571 g/mol. The smallest absolute Gasteiger partial charge is 0.408 e. The molecule has 0 radical (unpaired) electrons. The number of rotatable bonds is 11. The molecule has 0 aromatic heterocycles. The summed E-state index contributed by atoms with van der Waals surface area (Å²) in [5, 5.41) is 13.7. The zero-order valence-electron chi connectivity index (χ0n) is 21.1. The summed E-state index contributed by atoms with van der Waals surface area (Å²) in [4.78, 5) is 38.7. The number of carbonyl (C=O) groups excluding carboxylic acids is 3. The van der Waals surface area contributed by atoms with Crippen molar-refractivity contribution >= 4 is 39.5 Å². The van der Waals surface area contributed by atoms with Crippen LogP contribution in [-0.2, 0) is 24.2 Å².